The van der Waals surface area contributed by atoms with Crippen molar-refractivity contribution in [2.45, 2.75) is 44.2 Å². The molecule has 2 aliphatic rings. The van der Waals surface area contributed by atoms with Crippen molar-refractivity contribution in [2.75, 3.05) is 58.1 Å². The second kappa shape index (κ2) is 13.0. The summed E-state index contributed by atoms with van der Waals surface area (Å²) in [6.45, 7) is 7.29. The van der Waals surface area contributed by atoms with E-state index in [1.54, 1.807) is 18.2 Å². The van der Waals surface area contributed by atoms with Crippen molar-refractivity contribution in [1.29, 1.82) is 0 Å². The van der Waals surface area contributed by atoms with Crippen molar-refractivity contribution >= 4 is 27.8 Å². The SMILES string of the molecule is CCN(CC)CCN1OC(=O)C(=O)OC(CN2CCCCC2)N(CCS(=O)(=O)c2ccccc2)C1=O. The lowest BCUT2D eigenvalue weighted by atomic mass is 10.1. The molecule has 3 rings (SSSR count). The predicted octanol–water partition coefficient (Wildman–Crippen LogP) is 1.35. The molecule has 1 aromatic rings. The summed E-state index contributed by atoms with van der Waals surface area (Å²) in [5, 5.41) is 0.847. The van der Waals surface area contributed by atoms with Crippen molar-refractivity contribution < 1.29 is 32.4 Å². The third-order valence-corrected chi connectivity index (χ3v) is 8.20. The van der Waals surface area contributed by atoms with Crippen LogP contribution in [0.3, 0.4) is 0 Å². The molecule has 2 saturated heterocycles. The van der Waals surface area contributed by atoms with Crippen LogP contribution in [0.4, 0.5) is 4.79 Å². The van der Waals surface area contributed by atoms with E-state index in [1.807, 2.05) is 18.7 Å². The lowest BCUT2D eigenvalue weighted by molar-refractivity contribution is -0.206. The molecule has 0 aliphatic carbocycles. The molecule has 0 radical (unpaired) electrons. The summed E-state index contributed by atoms with van der Waals surface area (Å²) in [5.41, 5.74) is 0. The lowest BCUT2D eigenvalue weighted by Crippen LogP contribution is -2.58. The number of cyclic esters (lactones) is 1. The highest BCUT2D eigenvalue weighted by atomic mass is 32.2. The third-order valence-electron chi connectivity index (χ3n) is 6.49. The van der Waals surface area contributed by atoms with Crippen LogP contribution in [0, 0.1) is 0 Å². The van der Waals surface area contributed by atoms with E-state index in [9.17, 15) is 22.8 Å². The van der Waals surface area contributed by atoms with Gasteiger partial charge in [-0.05, 0) is 51.2 Å². The Labute approximate surface area is 212 Å². The molecule has 1 unspecified atom stereocenters. The molecule has 0 aromatic heterocycles. The summed E-state index contributed by atoms with van der Waals surface area (Å²) in [5.74, 6) is -2.87. The molecular weight excluding hydrogens is 488 g/mol. The first-order valence-electron chi connectivity index (χ1n) is 12.5. The molecule has 1 aromatic carbocycles. The molecule has 11 nitrogen and oxygen atoms in total. The highest BCUT2D eigenvalue weighted by Gasteiger charge is 2.40. The van der Waals surface area contributed by atoms with Crippen molar-refractivity contribution in [2.24, 2.45) is 0 Å². The van der Waals surface area contributed by atoms with E-state index in [-0.39, 0.29) is 30.3 Å². The maximum Gasteiger partial charge on any atom is 0.441 e. The van der Waals surface area contributed by atoms with Crippen molar-refractivity contribution in [3.63, 3.8) is 0 Å². The number of amides is 2. The second-order valence-corrected chi connectivity index (χ2v) is 10.9. The number of carbonyl (C=O) groups is 3. The number of likely N-dealkylation sites (tertiary alicyclic amines) is 1. The Morgan fingerprint density at radius 1 is 0.944 bits per heavy atom. The largest absolute Gasteiger partial charge is 0.441 e. The Hall–Kier alpha value is -2.70. The van der Waals surface area contributed by atoms with Crippen LogP contribution in [0.2, 0.25) is 0 Å². The fourth-order valence-corrected chi connectivity index (χ4v) is 5.54. The molecular formula is C24H36N4O7S. The van der Waals surface area contributed by atoms with Crippen LogP contribution >= 0.6 is 0 Å². The van der Waals surface area contributed by atoms with Gasteiger partial charge in [-0.2, -0.15) is 5.06 Å². The summed E-state index contributed by atoms with van der Waals surface area (Å²) < 4.78 is 31.3. The summed E-state index contributed by atoms with van der Waals surface area (Å²) in [6, 6.07) is 7.25. The molecule has 200 valence electrons. The predicted molar refractivity (Wildman–Crippen MR) is 131 cm³/mol. The Balaban J connectivity index is 1.86. The van der Waals surface area contributed by atoms with Gasteiger partial charge in [-0.25, -0.2) is 22.8 Å². The Kier molecular flexibility index (Phi) is 10.1. The maximum absolute atomic E-state index is 13.6. The molecule has 1 atom stereocenters. The van der Waals surface area contributed by atoms with Gasteiger partial charge in [-0.15, -0.1) is 0 Å². The number of nitrogens with zero attached hydrogens (tertiary/aromatic N) is 4. The monoisotopic (exact) mass is 524 g/mol. The molecule has 0 N–H and O–H groups in total. The van der Waals surface area contributed by atoms with Gasteiger partial charge in [0.1, 0.15) is 0 Å². The number of rotatable bonds is 11. The van der Waals surface area contributed by atoms with Gasteiger partial charge in [0, 0.05) is 13.1 Å². The summed E-state index contributed by atoms with van der Waals surface area (Å²) in [7, 11) is -3.72. The van der Waals surface area contributed by atoms with Crippen LogP contribution in [0.5, 0.6) is 0 Å². The molecule has 2 fully saturated rings. The number of benzene rings is 1. The van der Waals surface area contributed by atoms with Gasteiger partial charge in [-0.3, -0.25) is 9.80 Å². The van der Waals surface area contributed by atoms with Gasteiger partial charge in [0.05, 0.1) is 23.7 Å². The van der Waals surface area contributed by atoms with Crippen molar-refractivity contribution in [3.8, 4) is 0 Å². The summed E-state index contributed by atoms with van der Waals surface area (Å²) in [4.78, 5) is 48.9. The molecule has 12 heteroatoms. The van der Waals surface area contributed by atoms with E-state index >= 15 is 0 Å². The molecule has 0 bridgehead atoms. The third kappa shape index (κ3) is 7.40. The van der Waals surface area contributed by atoms with Gasteiger partial charge in [0.15, 0.2) is 16.1 Å². The average Bonchev–Trinajstić information content (AvgIpc) is 2.88. The summed E-state index contributed by atoms with van der Waals surface area (Å²) in [6.07, 6.45) is 1.90. The van der Waals surface area contributed by atoms with Gasteiger partial charge in [-0.1, -0.05) is 38.5 Å². The van der Waals surface area contributed by atoms with E-state index < -0.39 is 34.0 Å². The number of likely N-dealkylation sites (N-methyl/N-ethyl adjacent to an activating group) is 1. The molecule has 2 aliphatic heterocycles. The van der Waals surface area contributed by atoms with Gasteiger partial charge >= 0.3 is 18.0 Å². The van der Waals surface area contributed by atoms with E-state index in [1.165, 1.54) is 17.0 Å². The molecule has 2 heterocycles. The minimum Gasteiger partial charge on any atom is -0.432 e. The smallest absolute Gasteiger partial charge is 0.432 e. The minimum atomic E-state index is -3.72. The van der Waals surface area contributed by atoms with E-state index in [0.717, 1.165) is 50.5 Å². The van der Waals surface area contributed by atoms with Crippen molar-refractivity contribution in [3.05, 3.63) is 30.3 Å². The highest BCUT2D eigenvalue weighted by Crippen LogP contribution is 2.18. The second-order valence-electron chi connectivity index (χ2n) is 8.84. The Morgan fingerprint density at radius 3 is 2.25 bits per heavy atom. The first kappa shape index (κ1) is 27.9. The van der Waals surface area contributed by atoms with E-state index in [0.29, 0.717) is 6.54 Å². The van der Waals surface area contributed by atoms with Gasteiger partial charge in [0.25, 0.3) is 0 Å². The number of piperidine rings is 1. The fraction of sp³-hybridized carbons (Fsp3) is 0.625. The molecule has 2 amide bonds. The maximum atomic E-state index is 13.6. The molecule has 0 spiro atoms. The van der Waals surface area contributed by atoms with Crippen LogP contribution in [0.15, 0.2) is 35.2 Å². The van der Waals surface area contributed by atoms with Gasteiger partial charge < -0.3 is 14.5 Å². The Morgan fingerprint density at radius 2 is 1.61 bits per heavy atom. The normalized spacial score (nSPS) is 20.2. The number of hydrogen-bond donors (Lipinski definition) is 0. The van der Waals surface area contributed by atoms with Gasteiger partial charge in [0.2, 0.25) is 0 Å². The number of hydrogen-bond acceptors (Lipinski definition) is 9. The number of ether oxygens (including phenoxy) is 1. The summed E-state index contributed by atoms with van der Waals surface area (Å²) >= 11 is 0. The zero-order valence-electron chi connectivity index (χ0n) is 21.0. The van der Waals surface area contributed by atoms with Crippen LogP contribution in [0.25, 0.3) is 0 Å². The topological polar surface area (TPSA) is 117 Å². The lowest BCUT2D eigenvalue weighted by Gasteiger charge is -2.39. The van der Waals surface area contributed by atoms with Crippen LogP contribution in [-0.4, -0.2) is 110 Å². The number of urea groups is 1. The van der Waals surface area contributed by atoms with E-state index in [4.69, 9.17) is 9.57 Å². The zero-order chi connectivity index (χ0) is 26.1. The fourth-order valence-electron chi connectivity index (χ4n) is 4.29. The van der Waals surface area contributed by atoms with Crippen LogP contribution < -0.4 is 0 Å². The number of hydroxylamine groups is 2. The zero-order valence-corrected chi connectivity index (χ0v) is 21.8. The van der Waals surface area contributed by atoms with Crippen LogP contribution in [-0.2, 0) is 29.0 Å². The first-order chi connectivity index (χ1) is 17.2. The standard InChI is InChI=1S/C24H36N4O7S/c1-3-25(4-2)15-16-28-24(31)27(17-18-36(32,33)20-11-7-5-8-12-20)21(34-22(29)23(30)35-28)19-26-13-9-6-10-14-26/h5,7-8,11-12,21H,3-4,6,9-10,13-19H2,1-2H3. The van der Waals surface area contributed by atoms with E-state index in [2.05, 4.69) is 4.90 Å². The average molecular weight is 525 g/mol. The molecule has 0 saturated carbocycles. The Bertz CT molecular complexity index is 995. The van der Waals surface area contributed by atoms with Crippen molar-refractivity contribution in [1.82, 2.24) is 19.8 Å². The van der Waals surface area contributed by atoms with Crippen LogP contribution in [0.1, 0.15) is 33.1 Å². The minimum absolute atomic E-state index is 0.0257. The molecule has 36 heavy (non-hydrogen) atoms. The first-order valence-corrected chi connectivity index (χ1v) is 14.1. The highest BCUT2D eigenvalue weighted by molar-refractivity contribution is 7.91. The quantitative estimate of drug-likeness (QED) is 0.312. The number of carbonyl (C=O) groups excluding carboxylic acids is 3. The number of sulfone groups is 1. The number of esters is 1.